The van der Waals surface area contributed by atoms with Crippen LogP contribution in [0.3, 0.4) is 0 Å². The molecule has 0 bridgehead atoms. The van der Waals surface area contributed by atoms with Gasteiger partial charge in [-0.25, -0.2) is 4.98 Å². The summed E-state index contributed by atoms with van der Waals surface area (Å²) >= 11 is 5.91. The lowest BCUT2D eigenvalue weighted by molar-refractivity contribution is 0.0754. The predicted molar refractivity (Wildman–Crippen MR) is 80.9 cm³/mol. The van der Waals surface area contributed by atoms with Crippen molar-refractivity contribution in [3.8, 4) is 0 Å². The fourth-order valence-corrected chi connectivity index (χ4v) is 2.87. The van der Waals surface area contributed by atoms with Gasteiger partial charge in [0, 0.05) is 25.8 Å². The monoisotopic (exact) mass is 296 g/mol. The van der Waals surface area contributed by atoms with E-state index in [2.05, 4.69) is 16.8 Å². The Bertz CT molecular complexity index is 494. The number of pyridine rings is 1. The number of likely N-dealkylation sites (N-methyl/N-ethyl adjacent to an activating group) is 2. The molecule has 1 aromatic rings. The summed E-state index contributed by atoms with van der Waals surface area (Å²) in [7, 11) is 1.82. The molecule has 2 N–H and O–H groups in total. The van der Waals surface area contributed by atoms with Crippen LogP contribution < -0.4 is 5.73 Å². The van der Waals surface area contributed by atoms with Gasteiger partial charge in [0.25, 0.3) is 5.91 Å². The lowest BCUT2D eigenvalue weighted by Gasteiger charge is -2.27. The zero-order chi connectivity index (χ0) is 14.7. The number of nitrogen functional groups attached to an aromatic ring is 1. The Kier molecular flexibility index (Phi) is 4.83. The normalized spacial score (nSPS) is 19.2. The highest BCUT2D eigenvalue weighted by Gasteiger charge is 2.26. The predicted octanol–water partition coefficient (Wildman–Crippen LogP) is 1.87. The standard InChI is InChI=1S/C14H21ClN4O/c1-3-19-6-4-5-11(19)9-18(2)14(20)10-7-12(15)13(16)17-8-10/h7-8,11H,3-6,9H2,1-2H3,(H2,16,17). The van der Waals surface area contributed by atoms with Gasteiger partial charge >= 0.3 is 0 Å². The number of hydrogen-bond acceptors (Lipinski definition) is 4. The summed E-state index contributed by atoms with van der Waals surface area (Å²) in [6, 6.07) is 2.03. The molecule has 1 aliphatic rings. The van der Waals surface area contributed by atoms with Crippen LogP contribution in [-0.4, -0.2) is 53.4 Å². The van der Waals surface area contributed by atoms with Gasteiger partial charge in [0.2, 0.25) is 0 Å². The van der Waals surface area contributed by atoms with Gasteiger partial charge in [0.05, 0.1) is 10.6 Å². The highest BCUT2D eigenvalue weighted by molar-refractivity contribution is 6.33. The molecule has 1 amide bonds. The molecule has 1 unspecified atom stereocenters. The van der Waals surface area contributed by atoms with Crippen molar-refractivity contribution in [3.63, 3.8) is 0 Å². The summed E-state index contributed by atoms with van der Waals surface area (Å²) in [5.41, 5.74) is 6.04. The molecule has 2 rings (SSSR count). The number of hydrogen-bond donors (Lipinski definition) is 1. The van der Waals surface area contributed by atoms with Gasteiger partial charge in [-0.1, -0.05) is 18.5 Å². The minimum absolute atomic E-state index is 0.0673. The summed E-state index contributed by atoms with van der Waals surface area (Å²) < 4.78 is 0. The maximum Gasteiger partial charge on any atom is 0.255 e. The third-order valence-corrected chi connectivity index (χ3v) is 4.16. The molecule has 1 atom stereocenters. The number of anilines is 1. The first-order valence-corrected chi connectivity index (χ1v) is 7.31. The molecule has 0 spiro atoms. The third-order valence-electron chi connectivity index (χ3n) is 3.85. The number of nitrogens with two attached hydrogens (primary N) is 1. The van der Waals surface area contributed by atoms with Crippen LogP contribution in [0.15, 0.2) is 12.3 Å². The Morgan fingerprint density at radius 2 is 2.40 bits per heavy atom. The number of likely N-dealkylation sites (tertiary alicyclic amines) is 1. The largest absolute Gasteiger partial charge is 0.382 e. The zero-order valence-electron chi connectivity index (χ0n) is 12.0. The number of aromatic nitrogens is 1. The summed E-state index contributed by atoms with van der Waals surface area (Å²) in [6.07, 6.45) is 3.83. The second-order valence-electron chi connectivity index (χ2n) is 5.20. The molecule has 0 aliphatic carbocycles. The van der Waals surface area contributed by atoms with E-state index in [1.54, 1.807) is 11.0 Å². The van der Waals surface area contributed by atoms with E-state index in [0.29, 0.717) is 16.6 Å². The third kappa shape index (κ3) is 3.22. The average molecular weight is 297 g/mol. The molecule has 1 fully saturated rings. The molecule has 5 nitrogen and oxygen atoms in total. The quantitative estimate of drug-likeness (QED) is 0.921. The van der Waals surface area contributed by atoms with E-state index < -0.39 is 0 Å². The lowest BCUT2D eigenvalue weighted by Crippen LogP contribution is -2.41. The van der Waals surface area contributed by atoms with Crippen molar-refractivity contribution in [2.24, 2.45) is 0 Å². The van der Waals surface area contributed by atoms with E-state index in [1.165, 1.54) is 12.6 Å². The van der Waals surface area contributed by atoms with E-state index in [4.69, 9.17) is 17.3 Å². The Labute approximate surface area is 124 Å². The fraction of sp³-hybridized carbons (Fsp3) is 0.571. The van der Waals surface area contributed by atoms with Crippen molar-refractivity contribution in [1.29, 1.82) is 0 Å². The summed E-state index contributed by atoms with van der Waals surface area (Å²) in [5.74, 6) is 0.182. The van der Waals surface area contributed by atoms with Crippen molar-refractivity contribution in [2.45, 2.75) is 25.8 Å². The van der Waals surface area contributed by atoms with Crippen LogP contribution in [0.4, 0.5) is 5.82 Å². The van der Waals surface area contributed by atoms with Crippen LogP contribution in [0.25, 0.3) is 0 Å². The van der Waals surface area contributed by atoms with Crippen molar-refractivity contribution >= 4 is 23.3 Å². The number of carbonyl (C=O) groups excluding carboxylic acids is 1. The molecule has 6 heteroatoms. The van der Waals surface area contributed by atoms with Crippen molar-refractivity contribution < 1.29 is 4.79 Å². The molecular weight excluding hydrogens is 276 g/mol. The molecule has 2 heterocycles. The van der Waals surface area contributed by atoms with Crippen molar-refractivity contribution in [2.75, 3.05) is 32.4 Å². The van der Waals surface area contributed by atoms with E-state index in [9.17, 15) is 4.79 Å². The maximum atomic E-state index is 12.4. The first-order chi connectivity index (χ1) is 9.52. The number of carbonyl (C=O) groups is 1. The molecule has 0 saturated carbocycles. The molecule has 1 aliphatic heterocycles. The Balaban J connectivity index is 2.03. The van der Waals surface area contributed by atoms with Gasteiger partial charge in [0.1, 0.15) is 5.82 Å². The first kappa shape index (κ1) is 15.1. The minimum Gasteiger partial charge on any atom is -0.382 e. The molecule has 20 heavy (non-hydrogen) atoms. The second kappa shape index (κ2) is 6.41. The Morgan fingerprint density at radius 3 is 3.05 bits per heavy atom. The van der Waals surface area contributed by atoms with Gasteiger partial charge in [-0.15, -0.1) is 0 Å². The summed E-state index contributed by atoms with van der Waals surface area (Å²) in [4.78, 5) is 20.4. The smallest absolute Gasteiger partial charge is 0.255 e. The van der Waals surface area contributed by atoms with Gasteiger partial charge in [-0.2, -0.15) is 0 Å². The van der Waals surface area contributed by atoms with E-state index in [1.807, 2.05) is 7.05 Å². The molecule has 110 valence electrons. The average Bonchev–Trinajstić information content (AvgIpc) is 2.88. The minimum atomic E-state index is -0.0673. The molecule has 1 saturated heterocycles. The van der Waals surface area contributed by atoms with Gasteiger partial charge in [-0.3, -0.25) is 9.69 Å². The van der Waals surface area contributed by atoms with Crippen LogP contribution in [0.1, 0.15) is 30.1 Å². The van der Waals surface area contributed by atoms with Crippen molar-refractivity contribution in [3.05, 3.63) is 22.8 Å². The molecule has 0 radical (unpaired) electrons. The highest BCUT2D eigenvalue weighted by atomic mass is 35.5. The SMILES string of the molecule is CCN1CCCC1CN(C)C(=O)c1cnc(N)c(Cl)c1. The van der Waals surface area contributed by atoms with Crippen LogP contribution in [0.5, 0.6) is 0 Å². The van der Waals surface area contributed by atoms with Crippen LogP contribution in [0, 0.1) is 0 Å². The number of halogens is 1. The summed E-state index contributed by atoms with van der Waals surface area (Å²) in [6.45, 7) is 5.04. The lowest BCUT2D eigenvalue weighted by atomic mass is 10.2. The van der Waals surface area contributed by atoms with Crippen LogP contribution >= 0.6 is 11.6 Å². The molecule has 1 aromatic heterocycles. The molecule has 0 aromatic carbocycles. The van der Waals surface area contributed by atoms with E-state index in [0.717, 1.165) is 26.1 Å². The maximum absolute atomic E-state index is 12.4. The number of amides is 1. The van der Waals surface area contributed by atoms with E-state index >= 15 is 0 Å². The number of rotatable bonds is 4. The van der Waals surface area contributed by atoms with Crippen LogP contribution in [0.2, 0.25) is 5.02 Å². The first-order valence-electron chi connectivity index (χ1n) is 6.93. The summed E-state index contributed by atoms with van der Waals surface area (Å²) in [5, 5.41) is 0.320. The van der Waals surface area contributed by atoms with E-state index in [-0.39, 0.29) is 11.7 Å². The topological polar surface area (TPSA) is 62.5 Å². The van der Waals surface area contributed by atoms with Crippen LogP contribution in [-0.2, 0) is 0 Å². The zero-order valence-corrected chi connectivity index (χ0v) is 12.7. The molecular formula is C14H21ClN4O. The van der Waals surface area contributed by atoms with Crippen molar-refractivity contribution in [1.82, 2.24) is 14.8 Å². The Hall–Kier alpha value is -1.33. The van der Waals surface area contributed by atoms with Gasteiger partial charge in [-0.05, 0) is 32.0 Å². The fourth-order valence-electron chi connectivity index (χ4n) is 2.70. The van der Waals surface area contributed by atoms with Gasteiger partial charge < -0.3 is 10.6 Å². The number of nitrogens with zero attached hydrogens (tertiary/aromatic N) is 3. The second-order valence-corrected chi connectivity index (χ2v) is 5.61. The van der Waals surface area contributed by atoms with Gasteiger partial charge in [0.15, 0.2) is 0 Å². The highest BCUT2D eigenvalue weighted by Crippen LogP contribution is 2.20. The Morgan fingerprint density at radius 1 is 1.65 bits per heavy atom.